The minimum Gasteiger partial charge on any atom is -0.330 e. The van der Waals surface area contributed by atoms with Crippen LogP contribution in [0, 0.1) is 6.92 Å². The van der Waals surface area contributed by atoms with Crippen LogP contribution in [-0.4, -0.2) is 28.8 Å². The highest BCUT2D eigenvalue weighted by molar-refractivity contribution is 5.77. The molecule has 2 heterocycles. The van der Waals surface area contributed by atoms with Crippen LogP contribution in [-0.2, 0) is 12.5 Å². The summed E-state index contributed by atoms with van der Waals surface area (Å²) in [6.45, 7) is 2.17. The zero-order valence-corrected chi connectivity index (χ0v) is 11.4. The van der Waals surface area contributed by atoms with Gasteiger partial charge in [-0.1, -0.05) is 6.07 Å². The molecule has 1 atom stereocenters. The number of aromatic nitrogens is 2. The van der Waals surface area contributed by atoms with Gasteiger partial charge in [0.15, 0.2) is 0 Å². The third-order valence-electron chi connectivity index (χ3n) is 4.16. The minimum atomic E-state index is -4.30. The van der Waals surface area contributed by atoms with Gasteiger partial charge >= 0.3 is 6.18 Å². The Morgan fingerprint density at radius 2 is 2.10 bits per heavy atom. The number of alkyl halides is 3. The Bertz CT molecular complexity index is 651. The molecule has 108 valence electrons. The molecule has 1 saturated heterocycles. The number of hydrogen-bond donors (Lipinski definition) is 1. The van der Waals surface area contributed by atoms with E-state index in [0.29, 0.717) is 12.1 Å². The molecule has 1 aromatic carbocycles. The van der Waals surface area contributed by atoms with Crippen LogP contribution in [0.2, 0.25) is 0 Å². The third kappa shape index (κ3) is 1.74. The average Bonchev–Trinajstić information content (AvgIpc) is 2.94. The molecule has 6 heteroatoms. The van der Waals surface area contributed by atoms with Crippen LogP contribution in [0.25, 0.3) is 11.0 Å². The number of nitrogens with one attached hydrogen (secondary N) is 1. The van der Waals surface area contributed by atoms with E-state index in [-0.39, 0.29) is 18.8 Å². The van der Waals surface area contributed by atoms with Crippen molar-refractivity contribution in [1.82, 2.24) is 14.9 Å². The number of halogens is 3. The molecule has 0 aliphatic carbocycles. The molecule has 1 fully saturated rings. The van der Waals surface area contributed by atoms with E-state index in [9.17, 15) is 13.2 Å². The molecular weight excluding hydrogens is 267 g/mol. The van der Waals surface area contributed by atoms with Crippen molar-refractivity contribution in [1.29, 1.82) is 0 Å². The van der Waals surface area contributed by atoms with Crippen molar-refractivity contribution >= 4 is 11.0 Å². The smallest absolute Gasteiger partial charge is 0.330 e. The molecule has 1 aliphatic heterocycles. The normalized spacial score (nSPS) is 23.6. The van der Waals surface area contributed by atoms with Gasteiger partial charge in [0.05, 0.1) is 11.0 Å². The van der Waals surface area contributed by atoms with E-state index >= 15 is 0 Å². The van der Waals surface area contributed by atoms with Crippen molar-refractivity contribution in [3.8, 4) is 0 Å². The van der Waals surface area contributed by atoms with Gasteiger partial charge in [-0.3, -0.25) is 0 Å². The maximum absolute atomic E-state index is 13.6. The molecule has 0 amide bonds. The number of rotatable bonds is 1. The van der Waals surface area contributed by atoms with Gasteiger partial charge in [0.2, 0.25) is 0 Å². The van der Waals surface area contributed by atoms with Crippen LogP contribution in [0.5, 0.6) is 0 Å². The second kappa shape index (κ2) is 4.22. The van der Waals surface area contributed by atoms with Gasteiger partial charge in [0.1, 0.15) is 11.2 Å². The Hall–Kier alpha value is -1.56. The predicted molar refractivity (Wildman–Crippen MR) is 70.7 cm³/mol. The molecule has 1 unspecified atom stereocenters. The maximum atomic E-state index is 13.6. The Labute approximate surface area is 114 Å². The van der Waals surface area contributed by atoms with Gasteiger partial charge < -0.3 is 9.88 Å². The molecule has 0 spiro atoms. The minimum absolute atomic E-state index is 0.0344. The number of fused-ring (bicyclic) bond motifs is 1. The molecule has 1 N–H and O–H groups in total. The summed E-state index contributed by atoms with van der Waals surface area (Å²) in [4.78, 5) is 4.30. The van der Waals surface area contributed by atoms with Crippen molar-refractivity contribution in [2.45, 2.75) is 24.9 Å². The van der Waals surface area contributed by atoms with Crippen molar-refractivity contribution < 1.29 is 13.2 Å². The lowest BCUT2D eigenvalue weighted by Crippen LogP contribution is -2.46. The first-order valence-electron chi connectivity index (χ1n) is 6.56. The molecule has 20 heavy (non-hydrogen) atoms. The van der Waals surface area contributed by atoms with Crippen LogP contribution in [0.15, 0.2) is 18.2 Å². The molecule has 1 aromatic heterocycles. The summed E-state index contributed by atoms with van der Waals surface area (Å²) in [6.07, 6.45) is -4.27. The summed E-state index contributed by atoms with van der Waals surface area (Å²) in [7, 11) is 1.66. The van der Waals surface area contributed by atoms with Gasteiger partial charge in [0, 0.05) is 13.6 Å². The lowest BCUT2D eigenvalue weighted by atomic mass is 9.85. The summed E-state index contributed by atoms with van der Waals surface area (Å²) in [5.74, 6) is 0.107. The van der Waals surface area contributed by atoms with Crippen LogP contribution < -0.4 is 5.32 Å². The second-order valence-electron chi connectivity index (χ2n) is 5.49. The van der Waals surface area contributed by atoms with E-state index in [1.807, 2.05) is 25.1 Å². The van der Waals surface area contributed by atoms with E-state index in [1.165, 1.54) is 0 Å². The van der Waals surface area contributed by atoms with Crippen molar-refractivity contribution in [2.75, 3.05) is 13.1 Å². The number of imidazole rings is 1. The lowest BCUT2D eigenvalue weighted by Gasteiger charge is -2.30. The number of nitrogens with zero attached hydrogens (tertiary/aromatic N) is 2. The van der Waals surface area contributed by atoms with Gasteiger partial charge in [-0.05, 0) is 37.6 Å². The van der Waals surface area contributed by atoms with Crippen LogP contribution in [0.1, 0.15) is 17.8 Å². The van der Waals surface area contributed by atoms with Crippen LogP contribution in [0.3, 0.4) is 0 Å². The fraction of sp³-hybridized carbons (Fsp3) is 0.500. The largest absolute Gasteiger partial charge is 0.402 e. The summed E-state index contributed by atoms with van der Waals surface area (Å²) in [6, 6.07) is 5.54. The molecule has 3 rings (SSSR count). The molecule has 1 aliphatic rings. The summed E-state index contributed by atoms with van der Waals surface area (Å²) < 4.78 is 42.4. The lowest BCUT2D eigenvalue weighted by molar-refractivity contribution is -0.187. The molecule has 0 bridgehead atoms. The first kappa shape index (κ1) is 13.4. The zero-order valence-electron chi connectivity index (χ0n) is 11.4. The molecular formula is C14H16F3N3. The van der Waals surface area contributed by atoms with Gasteiger partial charge in [-0.15, -0.1) is 0 Å². The maximum Gasteiger partial charge on any atom is 0.402 e. The SMILES string of the molecule is Cc1ccc2c(c1)nc(C1(C(F)(F)F)CCNC1)n2C. The zero-order chi connectivity index (χ0) is 14.5. The Morgan fingerprint density at radius 3 is 2.70 bits per heavy atom. The standard InChI is InChI=1S/C14H16F3N3/c1-9-3-4-11-10(7-9)19-12(20(11)2)13(14(15,16)17)5-6-18-8-13/h3-4,7,18H,5-6,8H2,1-2H3. The topological polar surface area (TPSA) is 29.9 Å². The second-order valence-corrected chi connectivity index (χ2v) is 5.49. The van der Waals surface area contributed by atoms with Crippen LogP contribution in [0.4, 0.5) is 13.2 Å². The van der Waals surface area contributed by atoms with Gasteiger partial charge in [-0.2, -0.15) is 13.2 Å². The van der Waals surface area contributed by atoms with Crippen LogP contribution >= 0.6 is 0 Å². The van der Waals surface area contributed by atoms with Gasteiger partial charge in [-0.25, -0.2) is 4.98 Å². The fourth-order valence-corrected chi connectivity index (χ4v) is 2.99. The van der Waals surface area contributed by atoms with E-state index < -0.39 is 11.6 Å². The predicted octanol–water partition coefficient (Wildman–Crippen LogP) is 2.68. The number of hydrogen-bond acceptors (Lipinski definition) is 2. The number of aryl methyl sites for hydroxylation is 2. The van der Waals surface area contributed by atoms with E-state index in [4.69, 9.17) is 0 Å². The summed E-state index contributed by atoms with van der Waals surface area (Å²) in [5.41, 5.74) is 0.473. The monoisotopic (exact) mass is 283 g/mol. The quantitative estimate of drug-likeness (QED) is 0.872. The van der Waals surface area contributed by atoms with Crippen molar-refractivity contribution in [2.24, 2.45) is 7.05 Å². The number of benzene rings is 1. The van der Waals surface area contributed by atoms with Crippen molar-refractivity contribution in [3.63, 3.8) is 0 Å². The highest BCUT2D eigenvalue weighted by Gasteiger charge is 2.59. The Balaban J connectivity index is 2.25. The van der Waals surface area contributed by atoms with E-state index in [2.05, 4.69) is 10.3 Å². The highest BCUT2D eigenvalue weighted by Crippen LogP contribution is 2.45. The van der Waals surface area contributed by atoms with Crippen molar-refractivity contribution in [3.05, 3.63) is 29.6 Å². The first-order valence-corrected chi connectivity index (χ1v) is 6.56. The average molecular weight is 283 g/mol. The third-order valence-corrected chi connectivity index (χ3v) is 4.16. The van der Waals surface area contributed by atoms with E-state index in [0.717, 1.165) is 11.1 Å². The molecule has 3 nitrogen and oxygen atoms in total. The Morgan fingerprint density at radius 1 is 1.35 bits per heavy atom. The highest BCUT2D eigenvalue weighted by atomic mass is 19.4. The fourth-order valence-electron chi connectivity index (χ4n) is 2.99. The molecule has 2 aromatic rings. The Kier molecular flexibility index (Phi) is 2.83. The summed E-state index contributed by atoms with van der Waals surface area (Å²) >= 11 is 0. The van der Waals surface area contributed by atoms with Gasteiger partial charge in [0.25, 0.3) is 0 Å². The summed E-state index contributed by atoms with van der Waals surface area (Å²) in [5, 5.41) is 2.83. The molecule has 0 radical (unpaired) electrons. The first-order chi connectivity index (χ1) is 9.35. The molecule has 0 saturated carbocycles. The van der Waals surface area contributed by atoms with E-state index in [1.54, 1.807) is 11.6 Å².